The van der Waals surface area contributed by atoms with Crippen LogP contribution in [0.5, 0.6) is 5.75 Å². The van der Waals surface area contributed by atoms with Gasteiger partial charge >= 0.3 is 0 Å². The maximum Gasteiger partial charge on any atom is 0.260 e. The second-order valence-electron chi connectivity index (χ2n) is 7.86. The lowest BCUT2D eigenvalue weighted by Gasteiger charge is -2.20. The minimum atomic E-state index is -0.210. The minimum absolute atomic E-state index is 0.0862. The van der Waals surface area contributed by atoms with Gasteiger partial charge in [-0.15, -0.1) is 0 Å². The molecule has 6 nitrogen and oxygen atoms in total. The maximum atomic E-state index is 13.7. The quantitative estimate of drug-likeness (QED) is 0.277. The lowest BCUT2D eigenvalue weighted by atomic mass is 10.0. The molecule has 0 aliphatic rings. The number of carbonyl (C=O) groups excluding carboxylic acids is 2. The highest BCUT2D eigenvalue weighted by molar-refractivity contribution is 7.22. The van der Waals surface area contributed by atoms with Crippen molar-refractivity contribution in [3.05, 3.63) is 120 Å². The van der Waals surface area contributed by atoms with Crippen molar-refractivity contribution < 1.29 is 14.3 Å². The molecule has 0 unspecified atom stereocenters. The first kappa shape index (κ1) is 22.4. The maximum absolute atomic E-state index is 13.7. The molecule has 0 saturated heterocycles. The summed E-state index contributed by atoms with van der Waals surface area (Å²) in [7, 11) is 1.62. The lowest BCUT2D eigenvalue weighted by molar-refractivity contribution is 0.0982. The number of pyridine rings is 1. The van der Waals surface area contributed by atoms with E-state index in [2.05, 4.69) is 4.98 Å². The third-order valence-corrected chi connectivity index (χ3v) is 6.60. The van der Waals surface area contributed by atoms with Gasteiger partial charge < -0.3 is 4.74 Å². The van der Waals surface area contributed by atoms with Crippen molar-refractivity contribution in [3.8, 4) is 5.75 Å². The SMILES string of the molecule is COc1ccc2nc(N(Cc3cccnc3)C(=O)c3ccc(C(=O)c4ccccc4)cc3)sc2c1. The largest absolute Gasteiger partial charge is 0.497 e. The number of thiazole rings is 1. The van der Waals surface area contributed by atoms with Crippen molar-refractivity contribution >= 4 is 38.4 Å². The predicted molar refractivity (Wildman–Crippen MR) is 137 cm³/mol. The van der Waals surface area contributed by atoms with Crippen LogP contribution in [0.2, 0.25) is 0 Å². The summed E-state index contributed by atoms with van der Waals surface area (Å²) in [5.74, 6) is 0.437. The Labute approximate surface area is 206 Å². The van der Waals surface area contributed by atoms with E-state index in [4.69, 9.17) is 9.72 Å². The van der Waals surface area contributed by atoms with Crippen molar-refractivity contribution in [1.82, 2.24) is 9.97 Å². The number of anilines is 1. The van der Waals surface area contributed by atoms with Gasteiger partial charge in [0, 0.05) is 29.1 Å². The first-order chi connectivity index (χ1) is 17.1. The van der Waals surface area contributed by atoms with Gasteiger partial charge in [-0.05, 0) is 42.0 Å². The third-order valence-electron chi connectivity index (χ3n) is 5.55. The molecule has 0 aliphatic heterocycles. The van der Waals surface area contributed by atoms with Gasteiger partial charge in [-0.3, -0.25) is 19.5 Å². The number of aromatic nitrogens is 2. The van der Waals surface area contributed by atoms with Gasteiger partial charge in [0.15, 0.2) is 10.9 Å². The highest BCUT2D eigenvalue weighted by Gasteiger charge is 2.22. The molecule has 5 aromatic rings. The number of methoxy groups -OCH3 is 1. The number of nitrogens with zero attached hydrogens (tertiary/aromatic N) is 3. The van der Waals surface area contributed by atoms with Crippen molar-refractivity contribution in [3.63, 3.8) is 0 Å². The van der Waals surface area contributed by atoms with Crippen LogP contribution in [0.3, 0.4) is 0 Å². The lowest BCUT2D eigenvalue weighted by Crippen LogP contribution is -2.30. The van der Waals surface area contributed by atoms with Crippen LogP contribution in [-0.2, 0) is 6.54 Å². The Kier molecular flexibility index (Phi) is 6.32. The number of rotatable bonds is 7. The molecule has 7 heteroatoms. The normalized spacial score (nSPS) is 10.8. The molecule has 0 N–H and O–H groups in total. The van der Waals surface area contributed by atoms with E-state index in [0.717, 1.165) is 21.5 Å². The molecule has 1 amide bonds. The standard InChI is InChI=1S/C28H21N3O3S/c1-34-23-13-14-24-25(16-23)35-28(30-24)31(18-19-6-5-15-29-17-19)27(33)22-11-9-21(10-12-22)26(32)20-7-3-2-4-8-20/h2-17H,18H2,1H3. The molecule has 0 bridgehead atoms. The van der Waals surface area contributed by atoms with E-state index in [-0.39, 0.29) is 11.7 Å². The molecule has 2 heterocycles. The van der Waals surface area contributed by atoms with Crippen molar-refractivity contribution in [2.24, 2.45) is 0 Å². The molecule has 0 atom stereocenters. The summed E-state index contributed by atoms with van der Waals surface area (Å²) in [6.07, 6.45) is 3.43. The van der Waals surface area contributed by atoms with Crippen molar-refractivity contribution in [2.75, 3.05) is 12.0 Å². The fourth-order valence-electron chi connectivity index (χ4n) is 3.71. The summed E-state index contributed by atoms with van der Waals surface area (Å²) in [6.45, 7) is 0.314. The van der Waals surface area contributed by atoms with E-state index in [9.17, 15) is 9.59 Å². The zero-order valence-electron chi connectivity index (χ0n) is 18.9. The smallest absolute Gasteiger partial charge is 0.260 e. The average Bonchev–Trinajstić information content (AvgIpc) is 3.35. The molecular formula is C28H21N3O3S. The van der Waals surface area contributed by atoms with E-state index in [0.29, 0.717) is 28.4 Å². The number of hydrogen-bond donors (Lipinski definition) is 0. The molecule has 0 fully saturated rings. The topological polar surface area (TPSA) is 72.4 Å². The second-order valence-corrected chi connectivity index (χ2v) is 8.86. The van der Waals surface area contributed by atoms with Crippen LogP contribution in [0.25, 0.3) is 10.2 Å². The summed E-state index contributed by atoms with van der Waals surface area (Å²) in [4.78, 5) is 36.9. The van der Waals surface area contributed by atoms with E-state index in [1.54, 1.807) is 60.8 Å². The van der Waals surface area contributed by atoms with Gasteiger partial charge in [-0.25, -0.2) is 4.98 Å². The molecule has 2 aromatic heterocycles. The molecule has 5 rings (SSSR count). The van der Waals surface area contributed by atoms with Gasteiger partial charge in [0.25, 0.3) is 5.91 Å². The fourth-order valence-corrected chi connectivity index (χ4v) is 4.70. The Morgan fingerprint density at radius 1 is 0.886 bits per heavy atom. The van der Waals surface area contributed by atoms with Gasteiger partial charge in [-0.1, -0.05) is 59.9 Å². The Morgan fingerprint density at radius 3 is 2.34 bits per heavy atom. The molecule has 0 saturated carbocycles. The fraction of sp³-hybridized carbons (Fsp3) is 0.0714. The predicted octanol–water partition coefficient (Wildman–Crippen LogP) is 5.78. The number of ketones is 1. The Morgan fingerprint density at radius 2 is 1.63 bits per heavy atom. The highest BCUT2D eigenvalue weighted by atomic mass is 32.1. The molecule has 3 aromatic carbocycles. The summed E-state index contributed by atoms with van der Waals surface area (Å²) >= 11 is 1.42. The molecule has 0 radical (unpaired) electrons. The number of carbonyl (C=O) groups is 2. The molecular weight excluding hydrogens is 458 g/mol. The van der Waals surface area contributed by atoms with Crippen LogP contribution >= 0.6 is 11.3 Å². The summed E-state index contributed by atoms with van der Waals surface area (Å²) < 4.78 is 6.25. The summed E-state index contributed by atoms with van der Waals surface area (Å²) in [5.41, 5.74) is 3.27. The Balaban J connectivity index is 1.48. The Hall–Kier alpha value is -4.36. The summed E-state index contributed by atoms with van der Waals surface area (Å²) in [5, 5.41) is 0.576. The number of amides is 1. The van der Waals surface area contributed by atoms with Gasteiger partial charge in [0.05, 0.1) is 23.9 Å². The number of ether oxygens (including phenoxy) is 1. The number of hydrogen-bond acceptors (Lipinski definition) is 6. The van der Waals surface area contributed by atoms with Gasteiger partial charge in [0.1, 0.15) is 5.75 Å². The molecule has 0 spiro atoms. The third kappa shape index (κ3) is 4.81. The monoisotopic (exact) mass is 479 g/mol. The zero-order chi connectivity index (χ0) is 24.2. The van der Waals surface area contributed by atoms with Crippen LogP contribution in [0.1, 0.15) is 31.8 Å². The zero-order valence-corrected chi connectivity index (χ0v) is 19.7. The van der Waals surface area contributed by atoms with Gasteiger partial charge in [-0.2, -0.15) is 0 Å². The number of benzene rings is 3. The average molecular weight is 480 g/mol. The Bertz CT molecular complexity index is 1480. The van der Waals surface area contributed by atoms with Crippen LogP contribution < -0.4 is 9.64 Å². The van der Waals surface area contributed by atoms with E-state index in [1.165, 1.54) is 11.3 Å². The van der Waals surface area contributed by atoms with Crippen LogP contribution in [-0.4, -0.2) is 28.8 Å². The van der Waals surface area contributed by atoms with Gasteiger partial charge in [0.2, 0.25) is 0 Å². The second kappa shape index (κ2) is 9.87. The van der Waals surface area contributed by atoms with Crippen LogP contribution in [0.4, 0.5) is 5.13 Å². The van der Waals surface area contributed by atoms with Crippen molar-refractivity contribution in [1.29, 1.82) is 0 Å². The number of fused-ring (bicyclic) bond motifs is 1. The summed E-state index contributed by atoms with van der Waals surface area (Å²) in [6, 6.07) is 25.2. The first-order valence-electron chi connectivity index (χ1n) is 11.0. The van der Waals surface area contributed by atoms with Crippen molar-refractivity contribution in [2.45, 2.75) is 6.54 Å². The minimum Gasteiger partial charge on any atom is -0.497 e. The van der Waals surface area contributed by atoms with E-state index >= 15 is 0 Å². The van der Waals surface area contributed by atoms with E-state index < -0.39 is 0 Å². The molecule has 172 valence electrons. The first-order valence-corrected chi connectivity index (χ1v) is 11.8. The van der Waals surface area contributed by atoms with Crippen LogP contribution in [0, 0.1) is 0 Å². The highest BCUT2D eigenvalue weighted by Crippen LogP contribution is 2.33. The van der Waals surface area contributed by atoms with Crippen LogP contribution in [0.15, 0.2) is 97.3 Å². The molecule has 35 heavy (non-hydrogen) atoms. The molecule has 0 aliphatic carbocycles. The van der Waals surface area contributed by atoms with E-state index in [1.807, 2.05) is 48.5 Å².